The highest BCUT2D eigenvalue weighted by Gasteiger charge is 2.32. The molecule has 0 radical (unpaired) electrons. The van der Waals surface area contributed by atoms with Gasteiger partial charge in [-0.2, -0.15) is 0 Å². The fourth-order valence-electron chi connectivity index (χ4n) is 4.33. The number of unbranched alkanes of at least 4 members (excludes halogenated alkanes) is 9. The Bertz CT molecular complexity index is 1150. The van der Waals surface area contributed by atoms with Gasteiger partial charge in [0.2, 0.25) is 0 Å². The molecule has 2 aromatic heterocycles. The van der Waals surface area contributed by atoms with E-state index in [1.165, 1.54) is 67.5 Å². The van der Waals surface area contributed by atoms with E-state index in [4.69, 9.17) is 12.2 Å². The van der Waals surface area contributed by atoms with Gasteiger partial charge in [-0.3, -0.25) is 18.9 Å². The molecule has 0 bridgehead atoms. The Hall–Kier alpha value is -2.23. The molecule has 0 spiro atoms. The van der Waals surface area contributed by atoms with Crippen LogP contribution in [0.4, 0.5) is 5.82 Å². The zero-order valence-electron chi connectivity index (χ0n) is 21.4. The Morgan fingerprint density at radius 1 is 1.08 bits per heavy atom. The lowest BCUT2D eigenvalue weighted by Gasteiger charge is -2.14. The molecule has 1 aliphatic rings. The van der Waals surface area contributed by atoms with Crippen molar-refractivity contribution < 1.29 is 9.90 Å². The fourth-order valence-corrected chi connectivity index (χ4v) is 5.62. The van der Waals surface area contributed by atoms with Crippen LogP contribution in [0.5, 0.6) is 0 Å². The van der Waals surface area contributed by atoms with E-state index in [9.17, 15) is 14.7 Å². The van der Waals surface area contributed by atoms with E-state index in [0.29, 0.717) is 27.2 Å². The summed E-state index contributed by atoms with van der Waals surface area (Å²) in [5.41, 5.74) is 1.40. The number of hydrogen-bond donors (Lipinski definition) is 2. The van der Waals surface area contributed by atoms with Crippen molar-refractivity contribution in [2.24, 2.45) is 0 Å². The zero-order chi connectivity index (χ0) is 25.9. The van der Waals surface area contributed by atoms with Gasteiger partial charge in [-0.1, -0.05) is 94.8 Å². The van der Waals surface area contributed by atoms with E-state index >= 15 is 0 Å². The van der Waals surface area contributed by atoms with Crippen molar-refractivity contribution in [1.29, 1.82) is 0 Å². The van der Waals surface area contributed by atoms with Gasteiger partial charge in [0.1, 0.15) is 15.8 Å². The SMILES string of the molecule is CCCCCCCCCCCCN1C(=O)/C(=C\c2c(NCCO)nc3c(C)cccn3c2=O)SC1=S. The maximum atomic E-state index is 13.3. The second kappa shape index (κ2) is 14.5. The summed E-state index contributed by atoms with van der Waals surface area (Å²) in [5.74, 6) is 0.186. The van der Waals surface area contributed by atoms with E-state index < -0.39 is 0 Å². The molecule has 196 valence electrons. The molecule has 36 heavy (non-hydrogen) atoms. The van der Waals surface area contributed by atoms with Crippen LogP contribution in [-0.4, -0.2) is 49.3 Å². The number of thioether (sulfide) groups is 1. The van der Waals surface area contributed by atoms with Gasteiger partial charge in [0.05, 0.1) is 17.1 Å². The first-order valence-electron chi connectivity index (χ1n) is 13.1. The molecular weight excluding hydrogens is 492 g/mol. The van der Waals surface area contributed by atoms with Gasteiger partial charge in [0.15, 0.2) is 0 Å². The van der Waals surface area contributed by atoms with Crippen LogP contribution < -0.4 is 10.9 Å². The third kappa shape index (κ3) is 7.40. The van der Waals surface area contributed by atoms with Gasteiger partial charge in [-0.15, -0.1) is 0 Å². The number of carbonyl (C=O) groups is 1. The third-order valence-corrected chi connectivity index (χ3v) is 7.75. The minimum absolute atomic E-state index is 0.102. The average Bonchev–Trinajstić information content (AvgIpc) is 3.13. The summed E-state index contributed by atoms with van der Waals surface area (Å²) < 4.78 is 2.01. The maximum Gasteiger partial charge on any atom is 0.267 e. The Labute approximate surface area is 223 Å². The summed E-state index contributed by atoms with van der Waals surface area (Å²) in [6.07, 6.45) is 15.6. The number of fused-ring (bicyclic) bond motifs is 1. The van der Waals surface area contributed by atoms with Crippen LogP contribution in [-0.2, 0) is 4.79 Å². The first kappa shape index (κ1) is 28.3. The smallest absolute Gasteiger partial charge is 0.267 e. The van der Waals surface area contributed by atoms with E-state index in [1.54, 1.807) is 23.2 Å². The normalized spacial score (nSPS) is 15.0. The van der Waals surface area contributed by atoms with Gasteiger partial charge >= 0.3 is 0 Å². The Morgan fingerprint density at radius 3 is 2.42 bits per heavy atom. The molecule has 9 heteroatoms. The van der Waals surface area contributed by atoms with E-state index in [-0.39, 0.29) is 30.2 Å². The topological polar surface area (TPSA) is 86.9 Å². The molecule has 1 amide bonds. The number of anilines is 1. The van der Waals surface area contributed by atoms with Crippen LogP contribution in [0.25, 0.3) is 11.7 Å². The fraction of sp³-hybridized carbons (Fsp3) is 0.556. The number of thiocarbonyl (C=S) groups is 1. The quantitative estimate of drug-likeness (QED) is 0.178. The predicted octanol–water partition coefficient (Wildman–Crippen LogP) is 5.53. The van der Waals surface area contributed by atoms with Crippen molar-refractivity contribution in [3.05, 3.63) is 44.7 Å². The van der Waals surface area contributed by atoms with E-state index in [1.807, 2.05) is 13.0 Å². The monoisotopic (exact) mass is 530 g/mol. The third-order valence-electron chi connectivity index (χ3n) is 6.37. The number of nitrogens with zero attached hydrogens (tertiary/aromatic N) is 3. The number of aliphatic hydroxyl groups is 1. The lowest BCUT2D eigenvalue weighted by molar-refractivity contribution is -0.122. The molecule has 3 rings (SSSR count). The molecule has 1 aliphatic heterocycles. The molecule has 2 N–H and O–H groups in total. The first-order valence-corrected chi connectivity index (χ1v) is 14.3. The Kier molecular flexibility index (Phi) is 11.4. The minimum Gasteiger partial charge on any atom is -0.395 e. The van der Waals surface area contributed by atoms with Crippen molar-refractivity contribution >= 4 is 51.7 Å². The van der Waals surface area contributed by atoms with Crippen LogP contribution in [0.2, 0.25) is 0 Å². The standard InChI is InChI=1S/C27H38N4O3S2/c1-3-4-5-6-7-8-9-10-11-12-16-31-26(34)22(36-27(31)35)19-21-23(28-15-18-32)29-24-20(2)14-13-17-30(24)25(21)33/h13-14,17,19,28,32H,3-12,15-16,18H2,1-2H3/b22-19+. The minimum atomic E-state index is -0.274. The summed E-state index contributed by atoms with van der Waals surface area (Å²) >= 11 is 6.71. The number of aromatic nitrogens is 2. The molecule has 0 atom stereocenters. The van der Waals surface area contributed by atoms with Gasteiger partial charge in [-0.05, 0) is 31.1 Å². The van der Waals surface area contributed by atoms with Crippen molar-refractivity contribution in [1.82, 2.24) is 14.3 Å². The van der Waals surface area contributed by atoms with Crippen LogP contribution in [0.3, 0.4) is 0 Å². The van der Waals surface area contributed by atoms with Gasteiger partial charge in [-0.25, -0.2) is 4.98 Å². The number of rotatable bonds is 15. The van der Waals surface area contributed by atoms with E-state index in [0.717, 1.165) is 18.4 Å². The number of aliphatic hydroxyl groups excluding tert-OH is 1. The average molecular weight is 531 g/mol. The molecule has 3 heterocycles. The number of hydrogen-bond acceptors (Lipinski definition) is 7. The summed E-state index contributed by atoms with van der Waals surface area (Å²) in [6.45, 7) is 4.87. The zero-order valence-corrected chi connectivity index (χ0v) is 23.1. The highest BCUT2D eigenvalue weighted by Crippen LogP contribution is 2.33. The first-order chi connectivity index (χ1) is 17.5. The predicted molar refractivity (Wildman–Crippen MR) is 153 cm³/mol. The van der Waals surface area contributed by atoms with Crippen LogP contribution >= 0.6 is 24.0 Å². The van der Waals surface area contributed by atoms with Crippen molar-refractivity contribution in [3.8, 4) is 0 Å². The van der Waals surface area contributed by atoms with Crippen molar-refractivity contribution in [2.75, 3.05) is 25.0 Å². The molecule has 7 nitrogen and oxygen atoms in total. The largest absolute Gasteiger partial charge is 0.395 e. The molecule has 1 saturated heterocycles. The molecule has 1 fully saturated rings. The Morgan fingerprint density at radius 2 is 1.75 bits per heavy atom. The van der Waals surface area contributed by atoms with Crippen LogP contribution in [0.1, 0.15) is 82.3 Å². The van der Waals surface area contributed by atoms with Crippen LogP contribution in [0.15, 0.2) is 28.0 Å². The lowest BCUT2D eigenvalue weighted by atomic mass is 10.1. The molecule has 0 unspecified atom stereocenters. The molecule has 0 aromatic carbocycles. The number of nitrogens with one attached hydrogen (secondary N) is 1. The van der Waals surface area contributed by atoms with Gasteiger partial charge < -0.3 is 10.4 Å². The maximum absolute atomic E-state index is 13.3. The number of pyridine rings is 1. The Balaban J connectivity index is 1.64. The number of carbonyl (C=O) groups excluding carboxylic acids is 1. The summed E-state index contributed by atoms with van der Waals surface area (Å²) in [5, 5.41) is 12.3. The number of amides is 1. The second-order valence-corrected chi connectivity index (χ2v) is 10.9. The highest BCUT2D eigenvalue weighted by atomic mass is 32.2. The van der Waals surface area contributed by atoms with Gasteiger partial charge in [0, 0.05) is 19.3 Å². The molecule has 0 aliphatic carbocycles. The molecule has 2 aromatic rings. The molecular formula is C27H38N4O3S2. The molecule has 0 saturated carbocycles. The van der Waals surface area contributed by atoms with Crippen molar-refractivity contribution in [3.63, 3.8) is 0 Å². The van der Waals surface area contributed by atoms with Crippen LogP contribution in [0, 0.1) is 6.92 Å². The lowest BCUT2D eigenvalue weighted by Crippen LogP contribution is -2.29. The second-order valence-electron chi connectivity index (χ2n) is 9.23. The summed E-state index contributed by atoms with van der Waals surface area (Å²) in [6, 6.07) is 3.68. The van der Waals surface area contributed by atoms with Crippen molar-refractivity contribution in [2.45, 2.75) is 78.1 Å². The summed E-state index contributed by atoms with van der Waals surface area (Å²) in [4.78, 5) is 33.1. The van der Waals surface area contributed by atoms with Gasteiger partial charge in [0.25, 0.3) is 11.5 Å². The van der Waals surface area contributed by atoms with E-state index in [2.05, 4.69) is 17.2 Å². The highest BCUT2D eigenvalue weighted by molar-refractivity contribution is 8.26. The summed E-state index contributed by atoms with van der Waals surface area (Å²) in [7, 11) is 0. The number of aryl methyl sites for hydroxylation is 1.